The number of methoxy groups -OCH3 is 1. The molecule has 1 aliphatic carbocycles. The van der Waals surface area contributed by atoms with E-state index in [0.29, 0.717) is 0 Å². The zero-order chi connectivity index (χ0) is 12.6. The zero-order valence-corrected chi connectivity index (χ0v) is 10.8. The van der Waals surface area contributed by atoms with E-state index in [1.54, 1.807) is 7.11 Å². The molecule has 3 N–H and O–H groups in total. The van der Waals surface area contributed by atoms with Crippen LogP contribution in [0.2, 0.25) is 0 Å². The maximum absolute atomic E-state index is 9.48. The molecule has 3 nitrogen and oxygen atoms in total. The molecular formula is C14H21NO2. The van der Waals surface area contributed by atoms with Crippen molar-refractivity contribution in [2.45, 2.75) is 32.7 Å². The standard InChI is InChI=1S/C14H21NO2/c1-9-6-10(2)12(11(7-9)17-3)13(15)14(8-16)4-5-14/h6-7,13,16H,4-5,8,15H2,1-3H3. The maximum atomic E-state index is 9.48. The molecule has 0 aliphatic heterocycles. The van der Waals surface area contributed by atoms with Gasteiger partial charge in [0.05, 0.1) is 13.7 Å². The Bertz CT molecular complexity index is 424. The molecule has 1 aromatic carbocycles. The quantitative estimate of drug-likeness (QED) is 0.840. The van der Waals surface area contributed by atoms with Crippen molar-refractivity contribution in [1.29, 1.82) is 0 Å². The molecule has 0 radical (unpaired) electrons. The Morgan fingerprint density at radius 3 is 2.53 bits per heavy atom. The number of aliphatic hydroxyl groups is 1. The van der Waals surface area contributed by atoms with E-state index >= 15 is 0 Å². The predicted octanol–water partition coefficient (Wildman–Crippen LogP) is 2.08. The number of rotatable bonds is 4. The Morgan fingerprint density at radius 1 is 1.41 bits per heavy atom. The highest BCUT2D eigenvalue weighted by molar-refractivity contribution is 5.46. The van der Waals surface area contributed by atoms with Gasteiger partial charge in [-0.15, -0.1) is 0 Å². The van der Waals surface area contributed by atoms with Crippen LogP contribution in [-0.4, -0.2) is 18.8 Å². The van der Waals surface area contributed by atoms with Gasteiger partial charge in [0.1, 0.15) is 5.75 Å². The van der Waals surface area contributed by atoms with E-state index in [9.17, 15) is 5.11 Å². The number of ether oxygens (including phenoxy) is 1. The minimum Gasteiger partial charge on any atom is -0.496 e. The van der Waals surface area contributed by atoms with Gasteiger partial charge in [0, 0.05) is 17.0 Å². The second-order valence-corrected chi connectivity index (χ2v) is 5.20. The van der Waals surface area contributed by atoms with Gasteiger partial charge in [-0.05, 0) is 43.9 Å². The number of hydrogen-bond donors (Lipinski definition) is 2. The van der Waals surface area contributed by atoms with Crippen molar-refractivity contribution < 1.29 is 9.84 Å². The van der Waals surface area contributed by atoms with E-state index in [1.807, 2.05) is 13.0 Å². The number of nitrogens with two attached hydrogens (primary N) is 1. The first-order valence-corrected chi connectivity index (χ1v) is 6.05. The molecule has 1 unspecified atom stereocenters. The Labute approximate surface area is 103 Å². The molecule has 0 bridgehead atoms. The summed E-state index contributed by atoms with van der Waals surface area (Å²) >= 11 is 0. The van der Waals surface area contributed by atoms with Gasteiger partial charge in [0.15, 0.2) is 0 Å². The zero-order valence-electron chi connectivity index (χ0n) is 10.8. The van der Waals surface area contributed by atoms with Crippen molar-refractivity contribution in [2.75, 3.05) is 13.7 Å². The predicted molar refractivity (Wildman–Crippen MR) is 68.1 cm³/mol. The maximum Gasteiger partial charge on any atom is 0.124 e. The van der Waals surface area contributed by atoms with E-state index in [0.717, 1.165) is 29.7 Å². The lowest BCUT2D eigenvalue weighted by atomic mass is 9.87. The van der Waals surface area contributed by atoms with Crippen LogP contribution >= 0.6 is 0 Å². The van der Waals surface area contributed by atoms with Crippen molar-refractivity contribution >= 4 is 0 Å². The summed E-state index contributed by atoms with van der Waals surface area (Å²) in [7, 11) is 1.67. The van der Waals surface area contributed by atoms with Crippen LogP contribution in [0.4, 0.5) is 0 Å². The summed E-state index contributed by atoms with van der Waals surface area (Å²) in [5, 5.41) is 9.48. The molecule has 2 rings (SSSR count). The highest BCUT2D eigenvalue weighted by Crippen LogP contribution is 2.55. The van der Waals surface area contributed by atoms with E-state index in [-0.39, 0.29) is 18.1 Å². The van der Waals surface area contributed by atoms with Gasteiger partial charge in [0.25, 0.3) is 0 Å². The number of aliphatic hydroxyl groups excluding tert-OH is 1. The summed E-state index contributed by atoms with van der Waals surface area (Å²) in [5.41, 5.74) is 9.58. The lowest BCUT2D eigenvalue weighted by molar-refractivity contribution is 0.186. The highest BCUT2D eigenvalue weighted by atomic mass is 16.5. The van der Waals surface area contributed by atoms with Crippen molar-refractivity contribution in [1.82, 2.24) is 0 Å². The minimum absolute atomic E-state index is 0.118. The van der Waals surface area contributed by atoms with Crippen LogP contribution in [0.25, 0.3) is 0 Å². The van der Waals surface area contributed by atoms with Gasteiger partial charge in [-0.2, -0.15) is 0 Å². The number of hydrogen-bond acceptors (Lipinski definition) is 3. The van der Waals surface area contributed by atoms with Crippen molar-refractivity contribution in [2.24, 2.45) is 11.1 Å². The molecule has 94 valence electrons. The third-order valence-electron chi connectivity index (χ3n) is 3.89. The largest absolute Gasteiger partial charge is 0.496 e. The summed E-state index contributed by atoms with van der Waals surface area (Å²) in [4.78, 5) is 0. The van der Waals surface area contributed by atoms with E-state index in [1.165, 1.54) is 5.56 Å². The topological polar surface area (TPSA) is 55.5 Å². The summed E-state index contributed by atoms with van der Waals surface area (Å²) in [6.07, 6.45) is 2.00. The van der Waals surface area contributed by atoms with Crippen LogP contribution in [-0.2, 0) is 0 Å². The molecule has 17 heavy (non-hydrogen) atoms. The smallest absolute Gasteiger partial charge is 0.124 e. The average molecular weight is 235 g/mol. The first-order chi connectivity index (χ1) is 8.04. The Balaban J connectivity index is 2.44. The molecule has 0 saturated heterocycles. The van der Waals surface area contributed by atoms with Crippen LogP contribution in [0.3, 0.4) is 0 Å². The summed E-state index contributed by atoms with van der Waals surface area (Å²) < 4.78 is 5.43. The second kappa shape index (κ2) is 4.31. The van der Waals surface area contributed by atoms with E-state index < -0.39 is 0 Å². The van der Waals surface area contributed by atoms with Crippen LogP contribution < -0.4 is 10.5 Å². The molecule has 0 heterocycles. The SMILES string of the molecule is COc1cc(C)cc(C)c1C(N)C1(CO)CC1. The fourth-order valence-corrected chi connectivity index (χ4v) is 2.54. The van der Waals surface area contributed by atoms with Crippen molar-refractivity contribution in [3.63, 3.8) is 0 Å². The number of aryl methyl sites for hydroxylation is 2. The third kappa shape index (κ3) is 2.05. The highest BCUT2D eigenvalue weighted by Gasteiger charge is 2.49. The fourth-order valence-electron chi connectivity index (χ4n) is 2.54. The van der Waals surface area contributed by atoms with Crippen LogP contribution in [0.1, 0.15) is 35.6 Å². The van der Waals surface area contributed by atoms with E-state index in [4.69, 9.17) is 10.5 Å². The molecule has 0 aromatic heterocycles. The molecule has 1 saturated carbocycles. The van der Waals surface area contributed by atoms with Gasteiger partial charge in [-0.3, -0.25) is 0 Å². The second-order valence-electron chi connectivity index (χ2n) is 5.20. The van der Waals surface area contributed by atoms with Gasteiger partial charge in [0.2, 0.25) is 0 Å². The molecule has 1 aliphatic rings. The molecular weight excluding hydrogens is 214 g/mol. The molecule has 1 atom stereocenters. The lowest BCUT2D eigenvalue weighted by Crippen LogP contribution is -2.27. The number of benzene rings is 1. The monoisotopic (exact) mass is 235 g/mol. The first kappa shape index (κ1) is 12.4. The van der Waals surface area contributed by atoms with Crippen molar-refractivity contribution in [3.8, 4) is 5.75 Å². The Kier molecular flexibility index (Phi) is 3.15. The Morgan fingerprint density at radius 2 is 2.06 bits per heavy atom. The van der Waals surface area contributed by atoms with Gasteiger partial charge in [-0.25, -0.2) is 0 Å². The molecule has 1 aromatic rings. The lowest BCUT2D eigenvalue weighted by Gasteiger charge is -2.25. The molecule has 3 heteroatoms. The fraction of sp³-hybridized carbons (Fsp3) is 0.571. The van der Waals surface area contributed by atoms with Gasteiger partial charge in [-0.1, -0.05) is 6.07 Å². The van der Waals surface area contributed by atoms with Crippen LogP contribution in [0.15, 0.2) is 12.1 Å². The average Bonchev–Trinajstić information content (AvgIpc) is 3.08. The van der Waals surface area contributed by atoms with Crippen LogP contribution in [0.5, 0.6) is 5.75 Å². The summed E-state index contributed by atoms with van der Waals surface area (Å²) in [6, 6.07) is 3.99. The summed E-state index contributed by atoms with van der Waals surface area (Å²) in [5.74, 6) is 0.842. The van der Waals surface area contributed by atoms with Crippen molar-refractivity contribution in [3.05, 3.63) is 28.8 Å². The molecule has 1 fully saturated rings. The third-order valence-corrected chi connectivity index (χ3v) is 3.89. The normalized spacial score (nSPS) is 18.9. The van der Waals surface area contributed by atoms with Gasteiger partial charge >= 0.3 is 0 Å². The van der Waals surface area contributed by atoms with E-state index in [2.05, 4.69) is 13.0 Å². The Hall–Kier alpha value is -1.06. The summed E-state index contributed by atoms with van der Waals surface area (Å²) in [6.45, 7) is 4.26. The van der Waals surface area contributed by atoms with Crippen LogP contribution in [0, 0.1) is 19.3 Å². The van der Waals surface area contributed by atoms with Gasteiger partial charge < -0.3 is 15.6 Å². The molecule has 0 spiro atoms. The first-order valence-electron chi connectivity index (χ1n) is 6.05. The minimum atomic E-state index is -0.136. The molecule has 0 amide bonds.